The molecule has 0 saturated carbocycles. The Balaban J connectivity index is 1.64. The summed E-state index contributed by atoms with van der Waals surface area (Å²) in [5, 5.41) is 0. The number of rotatable bonds is 6. The lowest BCUT2D eigenvalue weighted by Gasteiger charge is -2.13. The molecular weight excluding hydrogens is 385 g/mol. The smallest absolute Gasteiger partial charge is 0.363 e. The highest BCUT2D eigenvalue weighted by atomic mass is 19.1. The Bertz CT molecular complexity index is 1120. The summed E-state index contributed by atoms with van der Waals surface area (Å²) in [6.45, 7) is 0.208. The number of carbonyl (C=O) groups is 1. The predicted molar refractivity (Wildman–Crippen MR) is 111 cm³/mol. The molecule has 0 bridgehead atoms. The third-order valence-corrected chi connectivity index (χ3v) is 4.46. The summed E-state index contributed by atoms with van der Waals surface area (Å²) < 4.78 is 29.8. The van der Waals surface area contributed by atoms with Crippen LogP contribution in [-0.4, -0.2) is 19.0 Å². The zero-order chi connectivity index (χ0) is 20.9. The maximum Gasteiger partial charge on any atom is 0.363 e. The second-order valence-electron chi connectivity index (χ2n) is 6.50. The lowest BCUT2D eigenvalue weighted by molar-refractivity contribution is -0.129. The lowest BCUT2D eigenvalue weighted by Crippen LogP contribution is -2.05. The van der Waals surface area contributed by atoms with Crippen molar-refractivity contribution < 1.29 is 23.4 Å². The van der Waals surface area contributed by atoms with Crippen LogP contribution in [0, 0.1) is 5.82 Å². The first-order valence-corrected chi connectivity index (χ1v) is 9.26. The fraction of sp³-hybridized carbons (Fsp3) is 0.0833. The Kier molecular flexibility index (Phi) is 5.57. The van der Waals surface area contributed by atoms with Crippen LogP contribution in [0.1, 0.15) is 16.7 Å². The number of hydrogen-bond acceptors (Lipinski definition) is 5. The van der Waals surface area contributed by atoms with Crippen molar-refractivity contribution in [3.8, 4) is 11.5 Å². The number of hydrogen-bond donors (Lipinski definition) is 0. The standard InChI is InChI=1S/C24H18FNO4/c1-28-21-9-5-8-18(22(21)29-15-16-10-12-19(25)13-11-16)14-20-24(27)30-23(26-20)17-6-3-2-4-7-17/h2-14H,15H2,1H3/b20-14-. The van der Waals surface area contributed by atoms with Gasteiger partial charge in [-0.05, 0) is 42.0 Å². The Morgan fingerprint density at radius 1 is 1.00 bits per heavy atom. The molecule has 1 aliphatic heterocycles. The van der Waals surface area contributed by atoms with Gasteiger partial charge >= 0.3 is 5.97 Å². The summed E-state index contributed by atoms with van der Waals surface area (Å²) in [7, 11) is 1.53. The van der Waals surface area contributed by atoms with Gasteiger partial charge in [-0.1, -0.05) is 42.5 Å². The highest BCUT2D eigenvalue weighted by Gasteiger charge is 2.24. The molecule has 0 radical (unpaired) electrons. The van der Waals surface area contributed by atoms with Crippen LogP contribution in [0.25, 0.3) is 6.08 Å². The molecule has 0 aliphatic carbocycles. The molecule has 0 spiro atoms. The van der Waals surface area contributed by atoms with E-state index in [0.29, 0.717) is 22.6 Å². The largest absolute Gasteiger partial charge is 0.493 e. The van der Waals surface area contributed by atoms with Crippen molar-refractivity contribution in [1.82, 2.24) is 0 Å². The number of ether oxygens (including phenoxy) is 3. The van der Waals surface area contributed by atoms with Crippen molar-refractivity contribution in [2.24, 2.45) is 4.99 Å². The van der Waals surface area contributed by atoms with Gasteiger partial charge < -0.3 is 14.2 Å². The van der Waals surface area contributed by atoms with Crippen LogP contribution in [0.5, 0.6) is 11.5 Å². The van der Waals surface area contributed by atoms with Crippen LogP contribution in [0.3, 0.4) is 0 Å². The van der Waals surface area contributed by atoms with Gasteiger partial charge in [0.2, 0.25) is 5.90 Å². The minimum Gasteiger partial charge on any atom is -0.493 e. The number of aliphatic imine (C=N–C) groups is 1. The molecule has 30 heavy (non-hydrogen) atoms. The van der Waals surface area contributed by atoms with E-state index >= 15 is 0 Å². The van der Waals surface area contributed by atoms with Crippen LogP contribution < -0.4 is 9.47 Å². The number of halogens is 1. The average Bonchev–Trinajstić information content (AvgIpc) is 3.14. The highest BCUT2D eigenvalue weighted by molar-refractivity contribution is 6.12. The molecule has 0 N–H and O–H groups in total. The number of para-hydroxylation sites is 1. The van der Waals surface area contributed by atoms with Crippen molar-refractivity contribution in [2.75, 3.05) is 7.11 Å². The van der Waals surface area contributed by atoms with E-state index in [1.807, 2.05) is 30.3 Å². The zero-order valence-corrected chi connectivity index (χ0v) is 16.2. The Labute approximate surface area is 173 Å². The van der Waals surface area contributed by atoms with E-state index < -0.39 is 5.97 Å². The van der Waals surface area contributed by atoms with Crippen LogP contribution in [0.15, 0.2) is 83.5 Å². The molecule has 0 atom stereocenters. The molecular formula is C24H18FNO4. The summed E-state index contributed by atoms with van der Waals surface area (Å²) in [5.74, 6) is 0.357. The first-order chi connectivity index (χ1) is 14.6. The predicted octanol–water partition coefficient (Wildman–Crippen LogP) is 4.76. The van der Waals surface area contributed by atoms with Gasteiger partial charge in [-0.15, -0.1) is 0 Å². The maximum atomic E-state index is 13.1. The van der Waals surface area contributed by atoms with E-state index in [-0.39, 0.29) is 24.0 Å². The molecule has 1 aliphatic rings. The minimum atomic E-state index is -0.541. The Morgan fingerprint density at radius 2 is 1.77 bits per heavy atom. The van der Waals surface area contributed by atoms with Crippen molar-refractivity contribution >= 4 is 17.9 Å². The molecule has 0 fully saturated rings. The molecule has 0 amide bonds. The van der Waals surface area contributed by atoms with Gasteiger partial charge in [0.15, 0.2) is 17.2 Å². The second-order valence-corrected chi connectivity index (χ2v) is 6.50. The number of cyclic esters (lactones) is 1. The molecule has 6 heteroatoms. The number of carbonyl (C=O) groups excluding carboxylic acids is 1. The topological polar surface area (TPSA) is 57.1 Å². The molecule has 0 aromatic heterocycles. The number of nitrogens with zero attached hydrogens (tertiary/aromatic N) is 1. The molecule has 3 aromatic rings. The second kappa shape index (κ2) is 8.61. The zero-order valence-electron chi connectivity index (χ0n) is 16.2. The van der Waals surface area contributed by atoms with Crippen molar-refractivity contribution in [3.05, 3.63) is 101 Å². The fourth-order valence-electron chi connectivity index (χ4n) is 2.96. The Morgan fingerprint density at radius 3 is 2.50 bits per heavy atom. The molecule has 150 valence electrons. The summed E-state index contributed by atoms with van der Waals surface area (Å²) >= 11 is 0. The lowest BCUT2D eigenvalue weighted by atomic mass is 10.1. The number of benzene rings is 3. The first kappa shape index (κ1) is 19.4. The van der Waals surface area contributed by atoms with Crippen molar-refractivity contribution in [3.63, 3.8) is 0 Å². The monoisotopic (exact) mass is 403 g/mol. The summed E-state index contributed by atoms with van der Waals surface area (Å²) in [4.78, 5) is 16.7. The van der Waals surface area contributed by atoms with Crippen LogP contribution >= 0.6 is 0 Å². The van der Waals surface area contributed by atoms with E-state index in [1.54, 1.807) is 36.4 Å². The normalized spacial score (nSPS) is 14.4. The molecule has 3 aromatic carbocycles. The van der Waals surface area contributed by atoms with Crippen LogP contribution in [0.4, 0.5) is 4.39 Å². The molecule has 0 saturated heterocycles. The van der Waals surface area contributed by atoms with E-state index in [2.05, 4.69) is 4.99 Å². The SMILES string of the molecule is COc1cccc(/C=C2\N=C(c3ccccc3)OC2=O)c1OCc1ccc(F)cc1. The van der Waals surface area contributed by atoms with Gasteiger partial charge in [0.1, 0.15) is 12.4 Å². The van der Waals surface area contributed by atoms with Gasteiger partial charge in [0.25, 0.3) is 0 Å². The summed E-state index contributed by atoms with van der Waals surface area (Å²) in [5.41, 5.74) is 2.29. The van der Waals surface area contributed by atoms with Gasteiger partial charge in [-0.3, -0.25) is 0 Å². The molecule has 4 rings (SSSR count). The first-order valence-electron chi connectivity index (χ1n) is 9.26. The van der Waals surface area contributed by atoms with E-state index in [1.165, 1.54) is 19.2 Å². The van der Waals surface area contributed by atoms with Crippen LogP contribution in [0.2, 0.25) is 0 Å². The van der Waals surface area contributed by atoms with Gasteiger partial charge in [-0.2, -0.15) is 0 Å². The quantitative estimate of drug-likeness (QED) is 0.440. The van der Waals surface area contributed by atoms with Crippen molar-refractivity contribution in [1.29, 1.82) is 0 Å². The minimum absolute atomic E-state index is 0.161. The summed E-state index contributed by atoms with van der Waals surface area (Å²) in [6, 6.07) is 20.6. The van der Waals surface area contributed by atoms with Gasteiger partial charge in [0, 0.05) is 11.1 Å². The van der Waals surface area contributed by atoms with Gasteiger partial charge in [0.05, 0.1) is 7.11 Å². The fourth-order valence-corrected chi connectivity index (χ4v) is 2.96. The average molecular weight is 403 g/mol. The highest BCUT2D eigenvalue weighted by Crippen LogP contribution is 2.34. The van der Waals surface area contributed by atoms with Gasteiger partial charge in [-0.25, -0.2) is 14.2 Å². The molecule has 0 unspecified atom stereocenters. The van der Waals surface area contributed by atoms with E-state index in [9.17, 15) is 9.18 Å². The maximum absolute atomic E-state index is 13.1. The summed E-state index contributed by atoms with van der Waals surface area (Å²) in [6.07, 6.45) is 1.60. The van der Waals surface area contributed by atoms with E-state index in [0.717, 1.165) is 5.56 Å². The third-order valence-electron chi connectivity index (χ3n) is 4.46. The molecule has 5 nitrogen and oxygen atoms in total. The van der Waals surface area contributed by atoms with E-state index in [4.69, 9.17) is 14.2 Å². The van der Waals surface area contributed by atoms with Crippen LogP contribution in [-0.2, 0) is 16.1 Å². The van der Waals surface area contributed by atoms with Crippen molar-refractivity contribution in [2.45, 2.75) is 6.61 Å². The molecule has 1 heterocycles. The third kappa shape index (κ3) is 4.22. The number of methoxy groups -OCH3 is 1. The number of esters is 1. The Hall–Kier alpha value is -3.93.